The van der Waals surface area contributed by atoms with Gasteiger partial charge in [-0.25, -0.2) is 4.39 Å². The fourth-order valence-electron chi connectivity index (χ4n) is 1.96. The van der Waals surface area contributed by atoms with E-state index in [-0.39, 0.29) is 23.6 Å². The van der Waals surface area contributed by atoms with Gasteiger partial charge in [-0.15, -0.1) is 0 Å². The zero-order valence-corrected chi connectivity index (χ0v) is 11.8. The molecule has 0 bridgehead atoms. The van der Waals surface area contributed by atoms with Gasteiger partial charge >= 0.3 is 0 Å². The Kier molecular flexibility index (Phi) is 5.61. The second kappa shape index (κ2) is 7.45. The van der Waals surface area contributed by atoms with Crippen LogP contribution in [0, 0.1) is 5.82 Å². The normalized spacial score (nSPS) is 18.6. The number of amides is 1. The molecule has 0 radical (unpaired) electrons. The largest absolute Gasteiger partial charge is 0.484 e. The third-order valence-corrected chi connectivity index (χ3v) is 3.35. The summed E-state index contributed by atoms with van der Waals surface area (Å²) < 4.78 is 23.7. The van der Waals surface area contributed by atoms with Crippen LogP contribution in [-0.2, 0) is 9.53 Å². The highest BCUT2D eigenvalue weighted by atomic mass is 35.5. The van der Waals surface area contributed by atoms with E-state index in [0.29, 0.717) is 12.3 Å². The van der Waals surface area contributed by atoms with Crippen molar-refractivity contribution < 1.29 is 18.7 Å². The van der Waals surface area contributed by atoms with Gasteiger partial charge in [0.25, 0.3) is 5.91 Å². The summed E-state index contributed by atoms with van der Waals surface area (Å²) in [6.07, 6.45) is 3.27. The lowest BCUT2D eigenvalue weighted by atomic mass is 10.1. The summed E-state index contributed by atoms with van der Waals surface area (Å²) in [4.78, 5) is 11.6. The highest BCUT2D eigenvalue weighted by Gasteiger charge is 2.14. The van der Waals surface area contributed by atoms with Crippen LogP contribution in [0.15, 0.2) is 18.2 Å². The zero-order valence-electron chi connectivity index (χ0n) is 11.0. The van der Waals surface area contributed by atoms with Crippen molar-refractivity contribution >= 4 is 17.5 Å². The van der Waals surface area contributed by atoms with E-state index in [0.717, 1.165) is 25.9 Å². The molecular formula is C14H17ClFNO3. The summed E-state index contributed by atoms with van der Waals surface area (Å²) in [6.45, 7) is 1.12. The van der Waals surface area contributed by atoms with Crippen LogP contribution in [0.1, 0.15) is 19.3 Å². The topological polar surface area (TPSA) is 47.6 Å². The third-order valence-electron chi connectivity index (χ3n) is 3.06. The number of benzene rings is 1. The van der Waals surface area contributed by atoms with Crippen molar-refractivity contribution in [2.75, 3.05) is 19.8 Å². The number of rotatable bonds is 5. The molecular weight excluding hydrogens is 285 g/mol. The second-order valence-corrected chi connectivity index (χ2v) is 5.06. The molecule has 1 aromatic rings. The Bertz CT molecular complexity index is 464. The van der Waals surface area contributed by atoms with Gasteiger partial charge in [-0.2, -0.15) is 0 Å². The molecule has 1 amide bonds. The molecule has 1 aromatic carbocycles. The molecule has 1 heterocycles. The number of ether oxygens (including phenoxy) is 2. The van der Waals surface area contributed by atoms with E-state index in [9.17, 15) is 9.18 Å². The molecule has 0 spiro atoms. The minimum absolute atomic E-state index is 0.0292. The fraction of sp³-hybridized carbons (Fsp3) is 0.500. The fourth-order valence-corrected chi connectivity index (χ4v) is 2.13. The molecule has 1 aliphatic rings. The van der Waals surface area contributed by atoms with E-state index < -0.39 is 5.82 Å². The van der Waals surface area contributed by atoms with Crippen LogP contribution >= 0.6 is 11.6 Å². The number of hydrogen-bond donors (Lipinski definition) is 1. The van der Waals surface area contributed by atoms with Crippen LogP contribution in [0.25, 0.3) is 0 Å². The van der Waals surface area contributed by atoms with Crippen LogP contribution < -0.4 is 10.1 Å². The van der Waals surface area contributed by atoms with Gasteiger partial charge in [-0.1, -0.05) is 11.6 Å². The molecule has 0 aromatic heterocycles. The van der Waals surface area contributed by atoms with Crippen LogP contribution in [0.4, 0.5) is 4.39 Å². The smallest absolute Gasteiger partial charge is 0.258 e. The number of halogens is 2. The summed E-state index contributed by atoms with van der Waals surface area (Å²) in [7, 11) is 0. The summed E-state index contributed by atoms with van der Waals surface area (Å²) in [5, 5.41) is 2.72. The predicted molar refractivity (Wildman–Crippen MR) is 73.5 cm³/mol. The summed E-state index contributed by atoms with van der Waals surface area (Å²) in [6, 6.07) is 3.97. The Morgan fingerprint density at radius 3 is 3.05 bits per heavy atom. The van der Waals surface area contributed by atoms with Gasteiger partial charge in [0, 0.05) is 19.2 Å². The van der Waals surface area contributed by atoms with Gasteiger partial charge in [0.05, 0.1) is 11.1 Å². The molecule has 1 saturated heterocycles. The van der Waals surface area contributed by atoms with Gasteiger partial charge in [0.2, 0.25) is 0 Å². The molecule has 1 aliphatic heterocycles. The maximum Gasteiger partial charge on any atom is 0.258 e. The first-order chi connectivity index (χ1) is 9.65. The Balaban J connectivity index is 1.70. The van der Waals surface area contributed by atoms with Crippen molar-refractivity contribution in [3.8, 4) is 5.75 Å². The first-order valence-electron chi connectivity index (χ1n) is 6.61. The average Bonchev–Trinajstić information content (AvgIpc) is 2.47. The number of hydrogen-bond acceptors (Lipinski definition) is 3. The molecule has 110 valence electrons. The standard InChI is InChI=1S/C14H17ClFNO3/c15-12-7-10(4-5-13(12)16)20-9-14(18)17-8-11-3-1-2-6-19-11/h4-5,7,11H,1-3,6,8-9H2,(H,17,18)/t11-/m1/s1. The maximum absolute atomic E-state index is 12.9. The van der Waals surface area contributed by atoms with Crippen LogP contribution in [0.2, 0.25) is 5.02 Å². The van der Waals surface area contributed by atoms with Crippen molar-refractivity contribution in [2.45, 2.75) is 25.4 Å². The summed E-state index contributed by atoms with van der Waals surface area (Å²) >= 11 is 5.62. The molecule has 0 saturated carbocycles. The lowest BCUT2D eigenvalue weighted by Gasteiger charge is -2.22. The second-order valence-electron chi connectivity index (χ2n) is 4.66. The van der Waals surface area contributed by atoms with Crippen molar-refractivity contribution in [1.29, 1.82) is 0 Å². The quantitative estimate of drug-likeness (QED) is 0.909. The minimum atomic E-state index is -0.516. The van der Waals surface area contributed by atoms with E-state index in [2.05, 4.69) is 5.32 Å². The predicted octanol–water partition coefficient (Wildman–Crippen LogP) is 2.54. The van der Waals surface area contributed by atoms with Crippen molar-refractivity contribution in [3.05, 3.63) is 29.0 Å². The molecule has 1 atom stereocenters. The average molecular weight is 302 g/mol. The lowest BCUT2D eigenvalue weighted by molar-refractivity contribution is -0.124. The van der Waals surface area contributed by atoms with Crippen molar-refractivity contribution in [2.24, 2.45) is 0 Å². The van der Waals surface area contributed by atoms with Crippen LogP contribution in [0.3, 0.4) is 0 Å². The van der Waals surface area contributed by atoms with Gasteiger partial charge in [0.15, 0.2) is 6.61 Å². The number of carbonyl (C=O) groups is 1. The monoisotopic (exact) mass is 301 g/mol. The van der Waals surface area contributed by atoms with Gasteiger partial charge < -0.3 is 14.8 Å². The molecule has 1 N–H and O–H groups in total. The maximum atomic E-state index is 12.9. The Labute approximate surface area is 122 Å². The number of carbonyl (C=O) groups excluding carboxylic acids is 1. The van der Waals surface area contributed by atoms with E-state index in [1.807, 2.05) is 0 Å². The Morgan fingerprint density at radius 2 is 2.35 bits per heavy atom. The van der Waals surface area contributed by atoms with Gasteiger partial charge in [-0.05, 0) is 31.4 Å². The van der Waals surface area contributed by atoms with Gasteiger partial charge in [0.1, 0.15) is 11.6 Å². The molecule has 2 rings (SSSR count). The van der Waals surface area contributed by atoms with Crippen molar-refractivity contribution in [3.63, 3.8) is 0 Å². The first-order valence-corrected chi connectivity index (χ1v) is 6.99. The highest BCUT2D eigenvalue weighted by molar-refractivity contribution is 6.30. The minimum Gasteiger partial charge on any atom is -0.484 e. The van der Waals surface area contributed by atoms with E-state index in [4.69, 9.17) is 21.1 Å². The summed E-state index contributed by atoms with van der Waals surface area (Å²) in [5.41, 5.74) is 0. The first kappa shape index (κ1) is 15.1. The third kappa shape index (κ3) is 4.65. The molecule has 1 fully saturated rings. The molecule has 0 aliphatic carbocycles. The van der Waals surface area contributed by atoms with E-state index in [1.165, 1.54) is 18.2 Å². The van der Waals surface area contributed by atoms with Gasteiger partial charge in [-0.3, -0.25) is 4.79 Å². The number of nitrogens with one attached hydrogen (secondary N) is 1. The zero-order chi connectivity index (χ0) is 14.4. The molecule has 20 heavy (non-hydrogen) atoms. The summed E-state index contributed by atoms with van der Waals surface area (Å²) in [5.74, 6) is -0.391. The van der Waals surface area contributed by atoms with E-state index >= 15 is 0 Å². The molecule has 6 heteroatoms. The SMILES string of the molecule is O=C(COc1ccc(F)c(Cl)c1)NC[C@H]1CCCCO1. The molecule has 0 unspecified atom stereocenters. The lowest BCUT2D eigenvalue weighted by Crippen LogP contribution is -2.37. The van der Waals surface area contributed by atoms with Crippen LogP contribution in [-0.4, -0.2) is 31.8 Å². The van der Waals surface area contributed by atoms with E-state index in [1.54, 1.807) is 0 Å². The highest BCUT2D eigenvalue weighted by Crippen LogP contribution is 2.20. The Hall–Kier alpha value is -1.33. The van der Waals surface area contributed by atoms with Crippen molar-refractivity contribution in [1.82, 2.24) is 5.32 Å². The van der Waals surface area contributed by atoms with Crippen LogP contribution in [0.5, 0.6) is 5.75 Å². The Morgan fingerprint density at radius 1 is 1.50 bits per heavy atom. The molecule has 4 nitrogen and oxygen atoms in total.